The molecule has 2 rings (SSSR count). The first kappa shape index (κ1) is 14.5. The number of hydrogen-bond donors (Lipinski definition) is 1. The minimum Gasteiger partial charge on any atom is -0.435 e. The van der Waals surface area contributed by atoms with Gasteiger partial charge < -0.3 is 9.84 Å². The summed E-state index contributed by atoms with van der Waals surface area (Å²) in [7, 11) is 0. The van der Waals surface area contributed by atoms with E-state index in [0.717, 1.165) is 16.7 Å². The Kier molecular flexibility index (Phi) is 4.35. The Balaban J connectivity index is 2.28. The fourth-order valence-corrected chi connectivity index (χ4v) is 1.99. The number of rotatable bonds is 4. The number of aliphatic hydroxyl groups is 1. The van der Waals surface area contributed by atoms with Gasteiger partial charge in [-0.3, -0.25) is 0 Å². The van der Waals surface area contributed by atoms with Crippen molar-refractivity contribution in [3.8, 4) is 5.75 Å². The van der Waals surface area contributed by atoms with Crippen LogP contribution in [0.15, 0.2) is 42.5 Å². The van der Waals surface area contributed by atoms with E-state index in [9.17, 15) is 13.9 Å². The van der Waals surface area contributed by atoms with E-state index < -0.39 is 12.7 Å². The van der Waals surface area contributed by atoms with Crippen molar-refractivity contribution in [1.82, 2.24) is 0 Å². The topological polar surface area (TPSA) is 29.5 Å². The lowest BCUT2D eigenvalue weighted by Gasteiger charge is -2.14. The second kappa shape index (κ2) is 6.01. The Labute approximate surface area is 116 Å². The molecule has 0 saturated heterocycles. The standard InChI is InChI=1S/C16H16F2O2/c1-10-6-7-13(8-11(10)2)15(19)12-4-3-5-14(9-12)20-16(17)18/h3-9,15-16,19H,1-2H3. The van der Waals surface area contributed by atoms with Gasteiger partial charge in [-0.15, -0.1) is 0 Å². The lowest BCUT2D eigenvalue weighted by molar-refractivity contribution is -0.0499. The van der Waals surface area contributed by atoms with Crippen LogP contribution in [0.3, 0.4) is 0 Å². The van der Waals surface area contributed by atoms with Crippen LogP contribution in [0, 0.1) is 13.8 Å². The number of alkyl halides is 2. The first-order valence-electron chi connectivity index (χ1n) is 6.27. The van der Waals surface area contributed by atoms with E-state index in [1.54, 1.807) is 12.1 Å². The molecular weight excluding hydrogens is 262 g/mol. The zero-order valence-electron chi connectivity index (χ0n) is 11.3. The Hall–Kier alpha value is -1.94. The minimum absolute atomic E-state index is 0.0420. The lowest BCUT2D eigenvalue weighted by atomic mass is 9.98. The molecule has 0 saturated carbocycles. The molecule has 0 bridgehead atoms. The molecule has 0 fully saturated rings. The maximum atomic E-state index is 12.2. The van der Waals surface area contributed by atoms with Crippen molar-refractivity contribution in [3.63, 3.8) is 0 Å². The highest BCUT2D eigenvalue weighted by atomic mass is 19.3. The summed E-state index contributed by atoms with van der Waals surface area (Å²) in [5.74, 6) is 0.0420. The van der Waals surface area contributed by atoms with E-state index in [4.69, 9.17) is 0 Å². The van der Waals surface area contributed by atoms with Crippen molar-refractivity contribution < 1.29 is 18.6 Å². The van der Waals surface area contributed by atoms with Crippen LogP contribution in [0.4, 0.5) is 8.78 Å². The molecule has 4 heteroatoms. The van der Waals surface area contributed by atoms with E-state index in [2.05, 4.69) is 4.74 Å². The van der Waals surface area contributed by atoms with Gasteiger partial charge in [0.05, 0.1) is 0 Å². The zero-order chi connectivity index (χ0) is 14.7. The van der Waals surface area contributed by atoms with Gasteiger partial charge >= 0.3 is 6.61 Å². The Morgan fingerprint density at radius 1 is 0.950 bits per heavy atom. The van der Waals surface area contributed by atoms with E-state index in [1.807, 2.05) is 32.0 Å². The van der Waals surface area contributed by atoms with E-state index in [-0.39, 0.29) is 5.75 Å². The lowest BCUT2D eigenvalue weighted by Crippen LogP contribution is -2.04. The molecule has 0 aliphatic rings. The maximum Gasteiger partial charge on any atom is 0.387 e. The van der Waals surface area contributed by atoms with Gasteiger partial charge in [0.15, 0.2) is 0 Å². The summed E-state index contributed by atoms with van der Waals surface area (Å²) < 4.78 is 28.7. The van der Waals surface area contributed by atoms with Crippen LogP contribution in [0.2, 0.25) is 0 Å². The number of aryl methyl sites for hydroxylation is 2. The number of hydrogen-bond acceptors (Lipinski definition) is 2. The Bertz CT molecular complexity index is 597. The molecule has 106 valence electrons. The predicted octanol–water partition coefficient (Wildman–Crippen LogP) is 3.99. The molecule has 20 heavy (non-hydrogen) atoms. The van der Waals surface area contributed by atoms with E-state index in [0.29, 0.717) is 5.56 Å². The fourth-order valence-electron chi connectivity index (χ4n) is 1.99. The van der Waals surface area contributed by atoms with Gasteiger partial charge in [0.25, 0.3) is 0 Å². The monoisotopic (exact) mass is 278 g/mol. The van der Waals surface area contributed by atoms with E-state index >= 15 is 0 Å². The van der Waals surface area contributed by atoms with Gasteiger partial charge in [0.1, 0.15) is 11.9 Å². The molecule has 2 aromatic carbocycles. The summed E-state index contributed by atoms with van der Waals surface area (Å²) in [6.45, 7) is 1.08. The van der Waals surface area contributed by atoms with Crippen molar-refractivity contribution >= 4 is 0 Å². The Morgan fingerprint density at radius 3 is 2.30 bits per heavy atom. The number of ether oxygens (including phenoxy) is 1. The summed E-state index contributed by atoms with van der Waals surface area (Å²) in [4.78, 5) is 0. The first-order valence-corrected chi connectivity index (χ1v) is 6.27. The normalized spacial score (nSPS) is 12.5. The molecule has 1 atom stereocenters. The summed E-state index contributed by atoms with van der Waals surface area (Å²) in [6.07, 6.45) is -0.865. The second-order valence-corrected chi connectivity index (χ2v) is 4.70. The molecule has 0 amide bonds. The molecule has 1 unspecified atom stereocenters. The van der Waals surface area contributed by atoms with Crippen LogP contribution in [0.5, 0.6) is 5.75 Å². The number of benzene rings is 2. The molecule has 0 aliphatic heterocycles. The minimum atomic E-state index is -2.87. The number of aliphatic hydroxyl groups excluding tert-OH is 1. The summed E-state index contributed by atoms with van der Waals surface area (Å²) >= 11 is 0. The van der Waals surface area contributed by atoms with Crippen molar-refractivity contribution in [1.29, 1.82) is 0 Å². The third kappa shape index (κ3) is 3.33. The van der Waals surface area contributed by atoms with Crippen molar-refractivity contribution in [2.75, 3.05) is 0 Å². The zero-order valence-corrected chi connectivity index (χ0v) is 11.3. The highest BCUT2D eigenvalue weighted by molar-refractivity contribution is 5.38. The average molecular weight is 278 g/mol. The SMILES string of the molecule is Cc1ccc(C(O)c2cccc(OC(F)F)c2)cc1C. The van der Waals surface area contributed by atoms with E-state index in [1.165, 1.54) is 12.1 Å². The smallest absolute Gasteiger partial charge is 0.387 e. The second-order valence-electron chi connectivity index (χ2n) is 4.70. The van der Waals surface area contributed by atoms with Crippen molar-refractivity contribution in [3.05, 3.63) is 64.7 Å². The molecule has 0 radical (unpaired) electrons. The maximum absolute atomic E-state index is 12.2. The third-order valence-electron chi connectivity index (χ3n) is 3.25. The summed E-state index contributed by atoms with van der Waals surface area (Å²) in [5.41, 5.74) is 3.45. The van der Waals surface area contributed by atoms with Crippen LogP contribution >= 0.6 is 0 Å². The average Bonchev–Trinajstić information content (AvgIpc) is 2.40. The molecule has 2 nitrogen and oxygen atoms in total. The molecule has 0 aromatic heterocycles. The highest BCUT2D eigenvalue weighted by Crippen LogP contribution is 2.27. The van der Waals surface area contributed by atoms with Crippen LogP contribution in [0.25, 0.3) is 0 Å². The van der Waals surface area contributed by atoms with Crippen LogP contribution in [0.1, 0.15) is 28.4 Å². The van der Waals surface area contributed by atoms with Crippen molar-refractivity contribution in [2.24, 2.45) is 0 Å². The molecular formula is C16H16F2O2. The quantitative estimate of drug-likeness (QED) is 0.916. The van der Waals surface area contributed by atoms with Gasteiger partial charge in [0, 0.05) is 0 Å². The fraction of sp³-hybridized carbons (Fsp3) is 0.250. The third-order valence-corrected chi connectivity index (χ3v) is 3.25. The van der Waals surface area contributed by atoms with Gasteiger partial charge in [-0.05, 0) is 48.2 Å². The number of halogens is 2. The Morgan fingerprint density at radius 2 is 1.65 bits per heavy atom. The summed E-state index contributed by atoms with van der Waals surface area (Å²) in [5, 5.41) is 10.3. The van der Waals surface area contributed by atoms with Gasteiger partial charge in [-0.2, -0.15) is 8.78 Å². The van der Waals surface area contributed by atoms with Gasteiger partial charge in [-0.1, -0.05) is 30.3 Å². The summed E-state index contributed by atoms with van der Waals surface area (Å²) in [6, 6.07) is 11.8. The first-order chi connectivity index (χ1) is 9.47. The van der Waals surface area contributed by atoms with Crippen LogP contribution < -0.4 is 4.74 Å². The van der Waals surface area contributed by atoms with Crippen LogP contribution in [-0.2, 0) is 0 Å². The van der Waals surface area contributed by atoms with Crippen LogP contribution in [-0.4, -0.2) is 11.7 Å². The molecule has 0 aliphatic carbocycles. The predicted molar refractivity (Wildman–Crippen MR) is 73.1 cm³/mol. The van der Waals surface area contributed by atoms with Gasteiger partial charge in [-0.25, -0.2) is 0 Å². The molecule has 1 N–H and O–H groups in total. The molecule has 0 spiro atoms. The molecule has 0 heterocycles. The largest absolute Gasteiger partial charge is 0.435 e. The van der Waals surface area contributed by atoms with Gasteiger partial charge in [0.2, 0.25) is 0 Å². The molecule has 2 aromatic rings. The highest BCUT2D eigenvalue weighted by Gasteiger charge is 2.13. The van der Waals surface area contributed by atoms with Crippen molar-refractivity contribution in [2.45, 2.75) is 26.6 Å².